The number of hydrogen-bond donors (Lipinski definition) is 1. The van der Waals surface area contributed by atoms with E-state index in [1.165, 1.54) is 7.11 Å². The van der Waals surface area contributed by atoms with Gasteiger partial charge in [0.15, 0.2) is 0 Å². The van der Waals surface area contributed by atoms with Crippen molar-refractivity contribution < 1.29 is 19.1 Å². The maximum absolute atomic E-state index is 12.5. The molecule has 0 spiro atoms. The van der Waals surface area contributed by atoms with Crippen LogP contribution < -0.4 is 10.2 Å². The Hall–Kier alpha value is -1.89. The van der Waals surface area contributed by atoms with Crippen LogP contribution in [0.25, 0.3) is 0 Å². The van der Waals surface area contributed by atoms with Gasteiger partial charge in [0.05, 0.1) is 13.0 Å². The highest BCUT2D eigenvalue weighted by molar-refractivity contribution is 9.10. The largest absolute Gasteiger partial charge is 0.467 e. The van der Waals surface area contributed by atoms with E-state index in [9.17, 15) is 14.4 Å². The Bertz CT molecular complexity index is 664. The number of carbonyl (C=O) groups is 3. The van der Waals surface area contributed by atoms with E-state index in [1.54, 1.807) is 18.7 Å². The summed E-state index contributed by atoms with van der Waals surface area (Å²) in [5, 5.41) is 2.74. The molecule has 0 bridgehead atoms. The molecule has 1 heterocycles. The summed E-state index contributed by atoms with van der Waals surface area (Å²) in [5.41, 5.74) is -0.339. The molecular formula is C17H21BrN2O4. The first-order chi connectivity index (χ1) is 11.3. The molecule has 1 N–H and O–H groups in total. The van der Waals surface area contributed by atoms with Crippen molar-refractivity contribution >= 4 is 39.4 Å². The Morgan fingerprint density at radius 2 is 2.17 bits per heavy atom. The highest BCUT2D eigenvalue weighted by Crippen LogP contribution is 2.28. The van der Waals surface area contributed by atoms with Crippen LogP contribution in [0, 0.1) is 5.92 Å². The molecular weight excluding hydrogens is 376 g/mol. The van der Waals surface area contributed by atoms with Crippen molar-refractivity contribution in [1.29, 1.82) is 0 Å². The minimum atomic E-state index is -1.09. The fourth-order valence-corrected chi connectivity index (χ4v) is 3.05. The van der Waals surface area contributed by atoms with E-state index in [1.807, 2.05) is 24.3 Å². The number of methoxy groups -OCH3 is 1. The molecule has 130 valence electrons. The first-order valence-electron chi connectivity index (χ1n) is 7.77. The van der Waals surface area contributed by atoms with Gasteiger partial charge in [-0.3, -0.25) is 9.59 Å². The molecule has 1 aliphatic rings. The van der Waals surface area contributed by atoms with Gasteiger partial charge in [0.2, 0.25) is 11.8 Å². The Labute approximate surface area is 149 Å². The maximum Gasteiger partial charge on any atom is 0.331 e. The molecule has 0 aliphatic carbocycles. The van der Waals surface area contributed by atoms with Crippen molar-refractivity contribution in [2.75, 3.05) is 18.6 Å². The van der Waals surface area contributed by atoms with Gasteiger partial charge >= 0.3 is 5.97 Å². The number of amides is 2. The van der Waals surface area contributed by atoms with Crippen LogP contribution >= 0.6 is 15.9 Å². The molecule has 0 aromatic heterocycles. The summed E-state index contributed by atoms with van der Waals surface area (Å²) >= 11 is 3.38. The van der Waals surface area contributed by atoms with Gasteiger partial charge in [-0.05, 0) is 31.5 Å². The summed E-state index contributed by atoms with van der Waals surface area (Å²) in [4.78, 5) is 38.3. The van der Waals surface area contributed by atoms with Gasteiger partial charge in [0.25, 0.3) is 0 Å². The molecule has 1 fully saturated rings. The van der Waals surface area contributed by atoms with E-state index in [0.717, 1.165) is 10.2 Å². The van der Waals surface area contributed by atoms with Crippen molar-refractivity contribution in [3.8, 4) is 0 Å². The Balaban J connectivity index is 2.10. The molecule has 7 heteroatoms. The van der Waals surface area contributed by atoms with Crippen molar-refractivity contribution in [2.45, 2.75) is 32.2 Å². The summed E-state index contributed by atoms with van der Waals surface area (Å²) in [6.45, 7) is 3.71. The topological polar surface area (TPSA) is 75.7 Å². The lowest BCUT2D eigenvalue weighted by atomic mass is 9.97. The Kier molecular flexibility index (Phi) is 5.64. The van der Waals surface area contributed by atoms with Crippen LogP contribution in [0.4, 0.5) is 5.69 Å². The number of rotatable bonds is 5. The third-order valence-corrected chi connectivity index (χ3v) is 4.85. The fourth-order valence-electron chi connectivity index (χ4n) is 2.66. The number of nitrogens with zero attached hydrogens (tertiary/aromatic N) is 1. The van der Waals surface area contributed by atoms with Crippen molar-refractivity contribution in [1.82, 2.24) is 5.32 Å². The van der Waals surface area contributed by atoms with E-state index in [4.69, 9.17) is 4.74 Å². The second kappa shape index (κ2) is 7.34. The van der Waals surface area contributed by atoms with Gasteiger partial charge in [0.1, 0.15) is 5.54 Å². The van der Waals surface area contributed by atoms with Crippen molar-refractivity contribution in [2.24, 2.45) is 5.92 Å². The van der Waals surface area contributed by atoms with E-state index in [0.29, 0.717) is 13.0 Å². The summed E-state index contributed by atoms with van der Waals surface area (Å²) < 4.78 is 5.62. The molecule has 1 aromatic carbocycles. The molecule has 1 aromatic rings. The highest BCUT2D eigenvalue weighted by Gasteiger charge is 2.40. The summed E-state index contributed by atoms with van der Waals surface area (Å²) in [6, 6.07) is 7.37. The van der Waals surface area contributed by atoms with E-state index < -0.39 is 17.4 Å². The monoisotopic (exact) mass is 396 g/mol. The maximum atomic E-state index is 12.5. The number of carbonyl (C=O) groups excluding carboxylic acids is 3. The average Bonchev–Trinajstić information content (AvgIpc) is 2.96. The lowest BCUT2D eigenvalue weighted by Crippen LogP contribution is -2.54. The van der Waals surface area contributed by atoms with Gasteiger partial charge in [-0.1, -0.05) is 28.9 Å². The second-order valence-corrected chi connectivity index (χ2v) is 6.97. The molecule has 2 rings (SSSR count). The predicted octanol–water partition coefficient (Wildman–Crippen LogP) is 2.26. The lowest BCUT2D eigenvalue weighted by Gasteiger charge is -2.27. The van der Waals surface area contributed by atoms with Gasteiger partial charge in [-0.2, -0.15) is 0 Å². The number of hydrogen-bond acceptors (Lipinski definition) is 4. The molecule has 2 atom stereocenters. The average molecular weight is 397 g/mol. The number of benzene rings is 1. The summed E-state index contributed by atoms with van der Waals surface area (Å²) in [5.74, 6) is -1.40. The molecule has 0 saturated carbocycles. The standard InChI is InChI=1S/C17H21BrN2O4/c1-4-17(2,16(23)24-3)19-15(22)11-8-14(21)20(10-11)13-7-5-6-12(18)9-13/h5-7,9,11H,4,8,10H2,1-3H3,(H,19,22). The van der Waals surface area contributed by atoms with Gasteiger partial charge in [-0.15, -0.1) is 0 Å². The molecule has 0 radical (unpaired) electrons. The van der Waals surface area contributed by atoms with E-state index in [-0.39, 0.29) is 18.2 Å². The van der Waals surface area contributed by atoms with Gasteiger partial charge in [0, 0.05) is 23.1 Å². The van der Waals surface area contributed by atoms with Crippen LogP contribution in [0.15, 0.2) is 28.7 Å². The zero-order valence-corrected chi connectivity index (χ0v) is 15.6. The first-order valence-corrected chi connectivity index (χ1v) is 8.56. The zero-order chi connectivity index (χ0) is 17.9. The van der Waals surface area contributed by atoms with Crippen LogP contribution in [-0.4, -0.2) is 37.0 Å². The molecule has 2 unspecified atom stereocenters. The van der Waals surface area contributed by atoms with Gasteiger partial charge in [-0.25, -0.2) is 4.79 Å². The van der Waals surface area contributed by atoms with Crippen molar-refractivity contribution in [3.63, 3.8) is 0 Å². The van der Waals surface area contributed by atoms with E-state index in [2.05, 4.69) is 21.2 Å². The predicted molar refractivity (Wildman–Crippen MR) is 93.5 cm³/mol. The SMILES string of the molecule is CCC(C)(NC(=O)C1CC(=O)N(c2cccc(Br)c2)C1)C(=O)OC. The van der Waals surface area contributed by atoms with Crippen molar-refractivity contribution in [3.05, 3.63) is 28.7 Å². The minimum Gasteiger partial charge on any atom is -0.467 e. The molecule has 1 aliphatic heterocycles. The van der Waals surface area contributed by atoms with E-state index >= 15 is 0 Å². The summed E-state index contributed by atoms with van der Waals surface area (Å²) in [6.07, 6.45) is 0.529. The van der Waals surface area contributed by atoms with Crippen LogP contribution in [0.3, 0.4) is 0 Å². The highest BCUT2D eigenvalue weighted by atomic mass is 79.9. The molecule has 6 nitrogen and oxygen atoms in total. The number of halogens is 1. The van der Waals surface area contributed by atoms with Crippen LogP contribution in [0.5, 0.6) is 0 Å². The molecule has 2 amide bonds. The lowest BCUT2D eigenvalue weighted by molar-refractivity contribution is -0.150. The first kappa shape index (κ1) is 18.4. The van der Waals surface area contributed by atoms with Crippen LogP contribution in [-0.2, 0) is 19.1 Å². The number of anilines is 1. The third-order valence-electron chi connectivity index (χ3n) is 4.36. The molecule has 1 saturated heterocycles. The summed E-state index contributed by atoms with van der Waals surface area (Å²) in [7, 11) is 1.29. The fraction of sp³-hybridized carbons (Fsp3) is 0.471. The Morgan fingerprint density at radius 3 is 2.75 bits per heavy atom. The second-order valence-electron chi connectivity index (χ2n) is 6.05. The quantitative estimate of drug-likeness (QED) is 0.774. The minimum absolute atomic E-state index is 0.107. The number of esters is 1. The smallest absolute Gasteiger partial charge is 0.331 e. The third kappa shape index (κ3) is 3.77. The zero-order valence-electron chi connectivity index (χ0n) is 14.0. The number of nitrogens with one attached hydrogen (secondary N) is 1. The number of ether oxygens (including phenoxy) is 1. The van der Waals surface area contributed by atoms with Gasteiger partial charge < -0.3 is 15.0 Å². The normalized spacial score (nSPS) is 19.8. The molecule has 24 heavy (non-hydrogen) atoms. The van der Waals surface area contributed by atoms with Crippen LogP contribution in [0.2, 0.25) is 0 Å². The van der Waals surface area contributed by atoms with Crippen LogP contribution in [0.1, 0.15) is 26.7 Å². The Morgan fingerprint density at radius 1 is 1.46 bits per heavy atom.